The first kappa shape index (κ1) is 16.0. The molecule has 0 aliphatic carbocycles. The Hall–Kier alpha value is -2.07. The molecule has 0 saturated heterocycles. The quantitative estimate of drug-likeness (QED) is 0.619. The van der Waals surface area contributed by atoms with Gasteiger partial charge in [0.15, 0.2) is 0 Å². The molecule has 4 nitrogen and oxygen atoms in total. The highest BCUT2D eigenvalue weighted by Crippen LogP contribution is 2.22. The number of benzene rings is 1. The molecule has 0 aliphatic rings. The van der Waals surface area contributed by atoms with Gasteiger partial charge in [0.2, 0.25) is 5.91 Å². The van der Waals surface area contributed by atoms with Gasteiger partial charge in [-0.25, -0.2) is 13.6 Å². The van der Waals surface area contributed by atoms with Crippen molar-refractivity contribution in [1.82, 2.24) is 5.32 Å². The second-order valence-electron chi connectivity index (χ2n) is 3.73. The normalized spacial score (nSPS) is 11.4. The van der Waals surface area contributed by atoms with Crippen LogP contribution in [-0.4, -0.2) is 28.8 Å². The van der Waals surface area contributed by atoms with Crippen LogP contribution in [0.15, 0.2) is 23.1 Å². The van der Waals surface area contributed by atoms with E-state index in [4.69, 9.17) is 11.5 Å². The first-order chi connectivity index (χ1) is 9.43. The number of rotatable bonds is 6. The van der Waals surface area contributed by atoms with Gasteiger partial charge in [0.1, 0.15) is 17.7 Å². The van der Waals surface area contributed by atoms with Gasteiger partial charge in [-0.05, 0) is 12.1 Å². The maximum atomic E-state index is 13.3. The molecule has 0 spiro atoms. The van der Waals surface area contributed by atoms with E-state index in [2.05, 4.69) is 11.2 Å². The number of carbonyl (C=O) groups is 2. The maximum Gasteiger partial charge on any atom is 0.327 e. The summed E-state index contributed by atoms with van der Waals surface area (Å²) in [5.74, 6) is -1.38. The molecule has 1 unspecified atom stereocenters. The van der Waals surface area contributed by atoms with E-state index in [0.29, 0.717) is 6.07 Å². The van der Waals surface area contributed by atoms with Gasteiger partial charge in [-0.1, -0.05) is 0 Å². The summed E-state index contributed by atoms with van der Waals surface area (Å²) in [6, 6.07) is 1.81. The smallest absolute Gasteiger partial charge is 0.327 e. The van der Waals surface area contributed by atoms with Gasteiger partial charge >= 0.3 is 5.97 Å². The zero-order valence-corrected chi connectivity index (χ0v) is 11.0. The molecule has 0 fully saturated rings. The van der Waals surface area contributed by atoms with Crippen molar-refractivity contribution in [3.05, 3.63) is 29.8 Å². The van der Waals surface area contributed by atoms with Crippen LogP contribution in [0.4, 0.5) is 8.78 Å². The second-order valence-corrected chi connectivity index (χ2v) is 4.75. The van der Waals surface area contributed by atoms with Crippen LogP contribution in [0.2, 0.25) is 0 Å². The molecule has 20 heavy (non-hydrogen) atoms. The minimum atomic E-state index is -1.24. The summed E-state index contributed by atoms with van der Waals surface area (Å²) in [5.41, 5.74) is 0. The third kappa shape index (κ3) is 4.90. The fourth-order valence-electron chi connectivity index (χ4n) is 1.29. The Morgan fingerprint density at radius 3 is 2.70 bits per heavy atom. The van der Waals surface area contributed by atoms with Crippen molar-refractivity contribution >= 4 is 23.6 Å². The van der Waals surface area contributed by atoms with Crippen molar-refractivity contribution < 1.29 is 23.5 Å². The molecule has 0 aliphatic heterocycles. The number of amides is 1. The van der Waals surface area contributed by atoms with E-state index < -0.39 is 29.6 Å². The molecule has 1 amide bonds. The highest BCUT2D eigenvalue weighted by atomic mass is 32.2. The zero-order chi connectivity index (χ0) is 15.1. The molecule has 1 aromatic carbocycles. The SMILES string of the molecule is C#CCC(NC(=O)CSc1ccc(F)cc1F)C(=O)O. The molecule has 1 aromatic rings. The lowest BCUT2D eigenvalue weighted by molar-refractivity contribution is -0.141. The Kier molecular flexibility index (Phi) is 6.00. The summed E-state index contributed by atoms with van der Waals surface area (Å²) in [7, 11) is 0. The standard InChI is InChI=1S/C13H11F2NO3S/c1-2-3-10(13(18)19)16-12(17)7-20-11-5-4-8(14)6-9(11)15/h1,4-6,10H,3,7H2,(H,16,17)(H,18,19). The fourth-order valence-corrected chi connectivity index (χ4v) is 2.02. The summed E-state index contributed by atoms with van der Waals surface area (Å²) < 4.78 is 26.0. The topological polar surface area (TPSA) is 66.4 Å². The second kappa shape index (κ2) is 7.50. The van der Waals surface area contributed by atoms with Gasteiger partial charge in [0.05, 0.1) is 5.75 Å². The van der Waals surface area contributed by atoms with Crippen LogP contribution in [-0.2, 0) is 9.59 Å². The van der Waals surface area contributed by atoms with Crippen LogP contribution in [0, 0.1) is 24.0 Å². The number of carboxylic acids is 1. The number of nitrogens with one attached hydrogen (secondary N) is 1. The Balaban J connectivity index is 2.55. The number of aliphatic carboxylic acids is 1. The average Bonchev–Trinajstić information content (AvgIpc) is 2.37. The highest BCUT2D eigenvalue weighted by molar-refractivity contribution is 8.00. The summed E-state index contributed by atoms with van der Waals surface area (Å²) in [5, 5.41) is 11.0. The molecule has 0 radical (unpaired) electrons. The van der Waals surface area contributed by atoms with Crippen molar-refractivity contribution in [2.24, 2.45) is 0 Å². The Morgan fingerprint density at radius 1 is 1.45 bits per heavy atom. The predicted octanol–water partition coefficient (Wildman–Crippen LogP) is 1.65. The summed E-state index contributed by atoms with van der Waals surface area (Å²) in [4.78, 5) is 22.4. The van der Waals surface area contributed by atoms with E-state index in [9.17, 15) is 18.4 Å². The largest absolute Gasteiger partial charge is 0.480 e. The number of carboxylic acid groups (broad SMARTS) is 1. The predicted molar refractivity (Wildman–Crippen MR) is 70.1 cm³/mol. The van der Waals surface area contributed by atoms with E-state index in [1.54, 1.807) is 0 Å². The van der Waals surface area contributed by atoms with Crippen LogP contribution < -0.4 is 5.32 Å². The van der Waals surface area contributed by atoms with E-state index in [0.717, 1.165) is 17.8 Å². The molecule has 1 rings (SSSR count). The summed E-state index contributed by atoms with van der Waals surface area (Å²) in [6.07, 6.45) is 4.84. The molecule has 106 valence electrons. The first-order valence-electron chi connectivity index (χ1n) is 5.47. The van der Waals surface area contributed by atoms with Crippen LogP contribution in [0.3, 0.4) is 0 Å². The monoisotopic (exact) mass is 299 g/mol. The third-order valence-electron chi connectivity index (χ3n) is 2.21. The van der Waals surface area contributed by atoms with Crippen LogP contribution in [0.25, 0.3) is 0 Å². The molecule has 0 saturated carbocycles. The lowest BCUT2D eigenvalue weighted by Gasteiger charge is -2.11. The molecule has 2 N–H and O–H groups in total. The van der Waals surface area contributed by atoms with Gasteiger partial charge in [-0.15, -0.1) is 24.1 Å². The number of halogens is 2. The number of hydrogen-bond donors (Lipinski definition) is 2. The minimum Gasteiger partial charge on any atom is -0.480 e. The third-order valence-corrected chi connectivity index (χ3v) is 3.26. The Labute approximate surface area is 118 Å². The van der Waals surface area contributed by atoms with Crippen molar-refractivity contribution in [1.29, 1.82) is 0 Å². The molecular formula is C13H11F2NO3S. The van der Waals surface area contributed by atoms with E-state index in [1.165, 1.54) is 6.07 Å². The van der Waals surface area contributed by atoms with Gasteiger partial charge < -0.3 is 10.4 Å². The number of terminal acetylenes is 1. The van der Waals surface area contributed by atoms with Gasteiger partial charge in [0, 0.05) is 17.4 Å². The molecule has 7 heteroatoms. The Morgan fingerprint density at radius 2 is 2.15 bits per heavy atom. The van der Waals surface area contributed by atoms with Crippen molar-refractivity contribution in [3.8, 4) is 12.3 Å². The van der Waals surface area contributed by atoms with Crippen LogP contribution in [0.5, 0.6) is 0 Å². The minimum absolute atomic E-state index is 0.102. The van der Waals surface area contributed by atoms with Crippen molar-refractivity contribution in [2.75, 3.05) is 5.75 Å². The Bertz CT molecular complexity index is 557. The molecule has 0 bridgehead atoms. The molecule has 1 atom stereocenters. The van der Waals surface area contributed by atoms with Crippen molar-refractivity contribution in [3.63, 3.8) is 0 Å². The maximum absolute atomic E-state index is 13.3. The van der Waals surface area contributed by atoms with Gasteiger partial charge in [-0.3, -0.25) is 4.79 Å². The lowest BCUT2D eigenvalue weighted by Crippen LogP contribution is -2.41. The summed E-state index contributed by atoms with van der Waals surface area (Å²) in [6.45, 7) is 0. The molecule has 0 heterocycles. The highest BCUT2D eigenvalue weighted by Gasteiger charge is 2.18. The van der Waals surface area contributed by atoms with Crippen LogP contribution in [0.1, 0.15) is 6.42 Å². The van der Waals surface area contributed by atoms with Gasteiger partial charge in [-0.2, -0.15) is 0 Å². The van der Waals surface area contributed by atoms with Crippen molar-refractivity contribution in [2.45, 2.75) is 17.4 Å². The van der Waals surface area contributed by atoms with E-state index in [-0.39, 0.29) is 17.1 Å². The fraction of sp³-hybridized carbons (Fsp3) is 0.231. The number of carbonyl (C=O) groups excluding carboxylic acids is 1. The van der Waals surface area contributed by atoms with Gasteiger partial charge in [0.25, 0.3) is 0 Å². The van der Waals surface area contributed by atoms with E-state index in [1.807, 2.05) is 0 Å². The summed E-state index contributed by atoms with van der Waals surface area (Å²) >= 11 is 0.837. The number of hydrogen-bond acceptors (Lipinski definition) is 3. The lowest BCUT2D eigenvalue weighted by atomic mass is 10.2. The zero-order valence-electron chi connectivity index (χ0n) is 10.2. The number of thioether (sulfide) groups is 1. The average molecular weight is 299 g/mol. The first-order valence-corrected chi connectivity index (χ1v) is 6.46. The van der Waals surface area contributed by atoms with E-state index >= 15 is 0 Å². The van der Waals surface area contributed by atoms with Crippen LogP contribution >= 0.6 is 11.8 Å². The molecule has 0 aromatic heterocycles. The molecular weight excluding hydrogens is 288 g/mol.